The summed E-state index contributed by atoms with van der Waals surface area (Å²) >= 11 is 0. The van der Waals surface area contributed by atoms with Crippen LogP contribution in [0.4, 0.5) is 4.39 Å². The van der Waals surface area contributed by atoms with Crippen molar-refractivity contribution in [1.29, 1.82) is 0 Å². The van der Waals surface area contributed by atoms with Crippen LogP contribution < -0.4 is 10.6 Å². The molecule has 0 saturated carbocycles. The fourth-order valence-electron chi connectivity index (χ4n) is 4.17. The van der Waals surface area contributed by atoms with Crippen LogP contribution in [-0.4, -0.2) is 71.8 Å². The van der Waals surface area contributed by atoms with Gasteiger partial charge in [-0.15, -0.1) is 0 Å². The highest BCUT2D eigenvalue weighted by Crippen LogP contribution is 2.30. The first-order valence-corrected chi connectivity index (χ1v) is 9.27. The first-order chi connectivity index (χ1) is 13.4. The number of carbonyl (C=O) groups is 4. The molecule has 148 valence electrons. The largest absolute Gasteiger partial charge is 0.312 e. The van der Waals surface area contributed by atoms with Gasteiger partial charge in [0.05, 0.1) is 17.2 Å². The number of rotatable bonds is 4. The fourth-order valence-corrected chi connectivity index (χ4v) is 4.17. The lowest BCUT2D eigenvalue weighted by Crippen LogP contribution is -2.54. The molecular formula is C19H21FN4O4. The van der Waals surface area contributed by atoms with Gasteiger partial charge in [-0.2, -0.15) is 0 Å². The molecule has 3 aliphatic rings. The average molecular weight is 388 g/mol. The van der Waals surface area contributed by atoms with Crippen LogP contribution in [0.2, 0.25) is 0 Å². The third-order valence-electron chi connectivity index (χ3n) is 5.65. The number of amides is 4. The molecule has 4 rings (SSSR count). The normalized spacial score (nSPS) is 27.5. The summed E-state index contributed by atoms with van der Waals surface area (Å²) in [6.07, 6.45) is -0.812. The molecule has 2 saturated heterocycles. The van der Waals surface area contributed by atoms with Crippen LogP contribution in [-0.2, 0) is 16.1 Å². The third-order valence-corrected chi connectivity index (χ3v) is 5.65. The van der Waals surface area contributed by atoms with Gasteiger partial charge in [0.2, 0.25) is 11.8 Å². The van der Waals surface area contributed by atoms with Crippen molar-refractivity contribution in [2.75, 3.05) is 20.1 Å². The summed E-state index contributed by atoms with van der Waals surface area (Å²) in [7, 11) is 1.78. The van der Waals surface area contributed by atoms with Crippen molar-refractivity contribution in [3.05, 3.63) is 34.9 Å². The van der Waals surface area contributed by atoms with Crippen LogP contribution in [0.15, 0.2) is 18.2 Å². The molecule has 8 nitrogen and oxygen atoms in total. The molecular weight excluding hydrogens is 367 g/mol. The Morgan fingerprint density at radius 1 is 1.18 bits per heavy atom. The topological polar surface area (TPSA) is 98.8 Å². The van der Waals surface area contributed by atoms with Gasteiger partial charge in [0.15, 0.2) is 0 Å². The number of carbonyl (C=O) groups excluding carboxylic acids is 4. The van der Waals surface area contributed by atoms with Gasteiger partial charge in [0.25, 0.3) is 11.8 Å². The summed E-state index contributed by atoms with van der Waals surface area (Å²) in [4.78, 5) is 52.2. The molecule has 0 aliphatic carbocycles. The zero-order valence-corrected chi connectivity index (χ0v) is 15.4. The molecule has 2 N–H and O–H groups in total. The van der Waals surface area contributed by atoms with E-state index in [4.69, 9.17) is 0 Å². The summed E-state index contributed by atoms with van der Waals surface area (Å²) in [5, 5.41) is 5.18. The molecule has 2 fully saturated rings. The number of fused-ring (bicyclic) bond motifs is 1. The Labute approximate surface area is 161 Å². The molecule has 4 amide bonds. The lowest BCUT2D eigenvalue weighted by Gasteiger charge is -2.28. The van der Waals surface area contributed by atoms with E-state index >= 15 is 0 Å². The van der Waals surface area contributed by atoms with E-state index in [2.05, 4.69) is 10.6 Å². The molecule has 9 heteroatoms. The first-order valence-electron chi connectivity index (χ1n) is 9.27. The Hall–Kier alpha value is -2.65. The maximum absolute atomic E-state index is 14.0. The molecule has 1 aromatic rings. The predicted octanol–water partition coefficient (Wildman–Crippen LogP) is -0.170. The van der Waals surface area contributed by atoms with Gasteiger partial charge in [-0.25, -0.2) is 4.39 Å². The van der Waals surface area contributed by atoms with Gasteiger partial charge in [-0.1, -0.05) is 12.1 Å². The number of piperidine rings is 1. The van der Waals surface area contributed by atoms with Crippen molar-refractivity contribution in [2.24, 2.45) is 0 Å². The average Bonchev–Trinajstić information content (AvgIpc) is 3.18. The van der Waals surface area contributed by atoms with Gasteiger partial charge in [0, 0.05) is 26.1 Å². The summed E-state index contributed by atoms with van der Waals surface area (Å²) in [5.74, 6) is -2.13. The number of benzene rings is 1. The summed E-state index contributed by atoms with van der Waals surface area (Å²) in [6.45, 7) is 1.11. The molecule has 3 aliphatic heterocycles. The summed E-state index contributed by atoms with van der Waals surface area (Å²) in [5.41, 5.74) is 1.11. The van der Waals surface area contributed by atoms with E-state index in [9.17, 15) is 23.6 Å². The molecule has 28 heavy (non-hydrogen) atoms. The molecule has 0 aromatic heterocycles. The number of imide groups is 2. The van der Waals surface area contributed by atoms with E-state index in [1.54, 1.807) is 25.2 Å². The minimum Gasteiger partial charge on any atom is -0.312 e. The Kier molecular flexibility index (Phi) is 4.72. The third kappa shape index (κ3) is 3.00. The van der Waals surface area contributed by atoms with Crippen LogP contribution in [0.1, 0.15) is 39.1 Å². The van der Waals surface area contributed by atoms with Crippen molar-refractivity contribution in [3.8, 4) is 0 Å². The summed E-state index contributed by atoms with van der Waals surface area (Å²) in [6, 6.07) is 3.67. The van der Waals surface area contributed by atoms with Crippen LogP contribution in [0, 0.1) is 0 Å². The molecule has 3 atom stereocenters. The zero-order chi connectivity index (χ0) is 20.0. The van der Waals surface area contributed by atoms with Gasteiger partial charge in [0.1, 0.15) is 12.2 Å². The Morgan fingerprint density at radius 3 is 2.64 bits per heavy atom. The van der Waals surface area contributed by atoms with E-state index in [0.717, 1.165) is 4.90 Å². The number of hydrogen-bond donors (Lipinski definition) is 2. The lowest BCUT2D eigenvalue weighted by atomic mass is 10.0. The van der Waals surface area contributed by atoms with Crippen LogP contribution in [0.5, 0.6) is 0 Å². The van der Waals surface area contributed by atoms with Crippen molar-refractivity contribution >= 4 is 23.6 Å². The summed E-state index contributed by atoms with van der Waals surface area (Å²) < 4.78 is 14.0. The Morgan fingerprint density at radius 2 is 1.96 bits per heavy atom. The maximum atomic E-state index is 14.0. The maximum Gasteiger partial charge on any atom is 0.262 e. The minimum absolute atomic E-state index is 0.0754. The van der Waals surface area contributed by atoms with E-state index in [0.29, 0.717) is 25.2 Å². The lowest BCUT2D eigenvalue weighted by molar-refractivity contribution is -0.136. The highest BCUT2D eigenvalue weighted by atomic mass is 19.1. The molecule has 0 bridgehead atoms. The molecule has 0 spiro atoms. The number of likely N-dealkylation sites (N-methyl/N-ethyl adjacent to an activating group) is 1. The van der Waals surface area contributed by atoms with Crippen LogP contribution in [0.3, 0.4) is 0 Å². The van der Waals surface area contributed by atoms with E-state index in [-0.39, 0.29) is 30.0 Å². The zero-order valence-electron chi connectivity index (χ0n) is 15.4. The van der Waals surface area contributed by atoms with Crippen molar-refractivity contribution in [2.45, 2.75) is 37.6 Å². The number of halogens is 1. The van der Waals surface area contributed by atoms with Crippen LogP contribution >= 0.6 is 0 Å². The fraction of sp³-hybridized carbons (Fsp3) is 0.474. The van der Waals surface area contributed by atoms with Gasteiger partial charge in [-0.3, -0.25) is 34.3 Å². The van der Waals surface area contributed by atoms with Crippen molar-refractivity contribution < 1.29 is 23.6 Å². The molecule has 1 aromatic carbocycles. The SMILES string of the molecule is CN(Cc1cccc2c1C(=O)N(C1CCC(=O)NC1=O)C2=O)C1CNCC1F. The van der Waals surface area contributed by atoms with Gasteiger partial charge in [-0.05, 0) is 25.1 Å². The number of hydrogen-bond acceptors (Lipinski definition) is 6. The second-order valence-corrected chi connectivity index (χ2v) is 7.44. The monoisotopic (exact) mass is 388 g/mol. The van der Waals surface area contributed by atoms with Gasteiger partial charge >= 0.3 is 0 Å². The number of nitrogens with one attached hydrogen (secondary N) is 2. The quantitative estimate of drug-likeness (QED) is 0.695. The highest BCUT2D eigenvalue weighted by molar-refractivity contribution is 6.24. The van der Waals surface area contributed by atoms with E-state index in [1.165, 1.54) is 0 Å². The van der Waals surface area contributed by atoms with Gasteiger partial charge < -0.3 is 5.32 Å². The Bertz CT molecular complexity index is 873. The first kappa shape index (κ1) is 18.7. The van der Waals surface area contributed by atoms with Crippen molar-refractivity contribution in [1.82, 2.24) is 20.4 Å². The minimum atomic E-state index is -1.00. The smallest absolute Gasteiger partial charge is 0.262 e. The Balaban J connectivity index is 1.61. The second kappa shape index (κ2) is 7.06. The number of nitrogens with zero attached hydrogens (tertiary/aromatic N) is 2. The molecule has 3 heterocycles. The van der Waals surface area contributed by atoms with E-state index < -0.39 is 35.8 Å². The molecule has 3 unspecified atom stereocenters. The number of alkyl halides is 1. The van der Waals surface area contributed by atoms with E-state index in [1.807, 2.05) is 4.90 Å². The predicted molar refractivity (Wildman–Crippen MR) is 96.1 cm³/mol. The molecule has 0 radical (unpaired) electrons. The van der Waals surface area contributed by atoms with Crippen LogP contribution in [0.25, 0.3) is 0 Å². The highest BCUT2D eigenvalue weighted by Gasteiger charge is 2.45. The second-order valence-electron chi connectivity index (χ2n) is 7.44. The van der Waals surface area contributed by atoms with Crippen molar-refractivity contribution in [3.63, 3.8) is 0 Å². The standard InChI is InChI=1S/C19H21FN4O4/c1-23(14-8-21-7-12(14)20)9-10-3-2-4-11-16(10)19(28)24(18(11)27)13-5-6-15(25)22-17(13)26/h2-4,12-14,21H,5-9H2,1H3,(H,22,25,26).